The predicted octanol–water partition coefficient (Wildman–Crippen LogP) is 4.29. The van der Waals surface area contributed by atoms with Crippen LogP contribution in [0.1, 0.15) is 15.9 Å². The van der Waals surface area contributed by atoms with E-state index < -0.39 is 17.6 Å². The van der Waals surface area contributed by atoms with Crippen LogP contribution in [0.25, 0.3) is 11.1 Å². The molecule has 98 valence electrons. The van der Waals surface area contributed by atoms with Gasteiger partial charge in [-0.25, -0.2) is 13.6 Å². The summed E-state index contributed by atoms with van der Waals surface area (Å²) in [6.07, 6.45) is 0. The lowest BCUT2D eigenvalue weighted by atomic mass is 9.97. The van der Waals surface area contributed by atoms with Gasteiger partial charge < -0.3 is 5.11 Å². The first-order valence-corrected chi connectivity index (χ1v) is 5.77. The van der Waals surface area contributed by atoms with Gasteiger partial charge in [0, 0.05) is 22.2 Å². The lowest BCUT2D eigenvalue weighted by Crippen LogP contribution is -2.01. The summed E-state index contributed by atoms with van der Waals surface area (Å²) < 4.78 is 27.0. The SMILES string of the molecule is Cc1cc(-c2cc(Cl)ccc2C(=O)O)c(F)cc1F. The average Bonchev–Trinajstić information content (AvgIpc) is 2.33. The molecule has 0 aliphatic rings. The number of carbonyl (C=O) groups is 1. The molecule has 0 aliphatic carbocycles. The summed E-state index contributed by atoms with van der Waals surface area (Å²) in [5, 5.41) is 9.37. The highest BCUT2D eigenvalue weighted by atomic mass is 35.5. The molecule has 0 radical (unpaired) electrons. The lowest BCUT2D eigenvalue weighted by molar-refractivity contribution is 0.0697. The van der Waals surface area contributed by atoms with E-state index in [0.717, 1.165) is 6.07 Å². The van der Waals surface area contributed by atoms with Gasteiger partial charge in [0.15, 0.2) is 0 Å². The fourth-order valence-electron chi connectivity index (χ4n) is 1.79. The molecule has 2 aromatic carbocycles. The van der Waals surface area contributed by atoms with Gasteiger partial charge >= 0.3 is 5.97 Å². The average molecular weight is 283 g/mol. The minimum absolute atomic E-state index is 0.0128. The molecule has 0 unspecified atom stereocenters. The van der Waals surface area contributed by atoms with Crippen molar-refractivity contribution in [1.29, 1.82) is 0 Å². The fourth-order valence-corrected chi connectivity index (χ4v) is 1.96. The minimum Gasteiger partial charge on any atom is -0.478 e. The van der Waals surface area contributed by atoms with Crippen LogP contribution in [0.4, 0.5) is 8.78 Å². The van der Waals surface area contributed by atoms with E-state index in [1.54, 1.807) is 0 Å². The van der Waals surface area contributed by atoms with E-state index in [-0.39, 0.29) is 27.3 Å². The highest BCUT2D eigenvalue weighted by Gasteiger charge is 2.16. The van der Waals surface area contributed by atoms with Crippen molar-refractivity contribution in [3.05, 3.63) is 58.1 Å². The van der Waals surface area contributed by atoms with Crippen LogP contribution >= 0.6 is 11.6 Å². The van der Waals surface area contributed by atoms with Crippen molar-refractivity contribution < 1.29 is 18.7 Å². The molecule has 0 spiro atoms. The van der Waals surface area contributed by atoms with Crippen LogP contribution in [-0.2, 0) is 0 Å². The van der Waals surface area contributed by atoms with E-state index in [4.69, 9.17) is 16.7 Å². The molecular formula is C14H9ClF2O2. The van der Waals surface area contributed by atoms with E-state index in [9.17, 15) is 13.6 Å². The summed E-state index contributed by atoms with van der Waals surface area (Å²) >= 11 is 5.81. The van der Waals surface area contributed by atoms with Crippen molar-refractivity contribution in [1.82, 2.24) is 0 Å². The number of rotatable bonds is 2. The van der Waals surface area contributed by atoms with E-state index >= 15 is 0 Å². The molecule has 2 rings (SSSR count). The van der Waals surface area contributed by atoms with Crippen LogP contribution in [0.3, 0.4) is 0 Å². The van der Waals surface area contributed by atoms with Crippen LogP contribution in [0, 0.1) is 18.6 Å². The number of halogens is 3. The van der Waals surface area contributed by atoms with Gasteiger partial charge in [0.2, 0.25) is 0 Å². The summed E-state index contributed by atoms with van der Waals surface area (Å²) in [5.41, 5.74) is 0.279. The Kier molecular flexibility index (Phi) is 3.53. The summed E-state index contributed by atoms with van der Waals surface area (Å²) in [5.74, 6) is -2.71. The van der Waals surface area contributed by atoms with Gasteiger partial charge in [-0.1, -0.05) is 11.6 Å². The van der Waals surface area contributed by atoms with Crippen molar-refractivity contribution in [3.63, 3.8) is 0 Å². The van der Waals surface area contributed by atoms with Crippen LogP contribution in [0.15, 0.2) is 30.3 Å². The molecule has 0 aliphatic heterocycles. The number of hydrogen-bond donors (Lipinski definition) is 1. The summed E-state index contributed by atoms with van der Waals surface area (Å²) in [7, 11) is 0. The Bertz CT molecular complexity index is 669. The lowest BCUT2D eigenvalue weighted by Gasteiger charge is -2.09. The number of benzene rings is 2. The molecule has 2 nitrogen and oxygen atoms in total. The third-order valence-corrected chi connectivity index (χ3v) is 2.99. The van der Waals surface area contributed by atoms with Crippen molar-refractivity contribution >= 4 is 17.6 Å². The van der Waals surface area contributed by atoms with E-state index in [2.05, 4.69) is 0 Å². The normalized spacial score (nSPS) is 10.5. The third-order valence-electron chi connectivity index (χ3n) is 2.75. The molecule has 5 heteroatoms. The zero-order valence-electron chi connectivity index (χ0n) is 9.88. The molecule has 0 bridgehead atoms. The van der Waals surface area contributed by atoms with Crippen molar-refractivity contribution in [2.75, 3.05) is 0 Å². The highest BCUT2D eigenvalue weighted by molar-refractivity contribution is 6.31. The molecule has 2 aromatic rings. The van der Waals surface area contributed by atoms with Gasteiger partial charge in [-0.05, 0) is 36.8 Å². The molecule has 0 heterocycles. The number of aryl methyl sites for hydroxylation is 1. The maximum absolute atomic E-state index is 13.8. The molecule has 0 atom stereocenters. The van der Waals surface area contributed by atoms with Crippen molar-refractivity contribution in [2.24, 2.45) is 0 Å². The summed E-state index contributed by atoms with van der Waals surface area (Å²) in [6, 6.07) is 6.04. The zero-order chi connectivity index (χ0) is 14.2. The standard InChI is InChI=1S/C14H9ClF2O2/c1-7-4-11(13(17)6-12(7)16)10-5-8(15)2-3-9(10)14(18)19/h2-6H,1H3,(H,18,19). The second-order valence-electron chi connectivity index (χ2n) is 4.08. The predicted molar refractivity (Wildman–Crippen MR) is 68.5 cm³/mol. The monoisotopic (exact) mass is 282 g/mol. The van der Waals surface area contributed by atoms with E-state index in [0.29, 0.717) is 0 Å². The summed E-state index contributed by atoms with van der Waals surface area (Å²) in [6.45, 7) is 1.48. The first kappa shape index (κ1) is 13.5. The van der Waals surface area contributed by atoms with E-state index in [1.807, 2.05) is 0 Å². The van der Waals surface area contributed by atoms with Crippen LogP contribution < -0.4 is 0 Å². The number of carboxylic acids is 1. The van der Waals surface area contributed by atoms with Gasteiger partial charge in [0.05, 0.1) is 5.56 Å². The Labute approximate surface area is 113 Å². The quantitative estimate of drug-likeness (QED) is 0.892. The van der Waals surface area contributed by atoms with Gasteiger partial charge in [0.1, 0.15) is 11.6 Å². The number of aromatic carboxylic acids is 1. The molecule has 0 saturated heterocycles. The van der Waals surface area contributed by atoms with Gasteiger partial charge in [-0.2, -0.15) is 0 Å². The highest BCUT2D eigenvalue weighted by Crippen LogP contribution is 2.30. The van der Waals surface area contributed by atoms with E-state index in [1.165, 1.54) is 31.2 Å². The Morgan fingerprint density at radius 2 is 1.79 bits per heavy atom. The smallest absolute Gasteiger partial charge is 0.336 e. The Hall–Kier alpha value is -1.94. The van der Waals surface area contributed by atoms with Crippen molar-refractivity contribution in [3.8, 4) is 11.1 Å². The third kappa shape index (κ3) is 2.58. The van der Waals surface area contributed by atoms with Gasteiger partial charge in [-0.15, -0.1) is 0 Å². The summed E-state index contributed by atoms with van der Waals surface area (Å²) in [4.78, 5) is 11.1. The second-order valence-corrected chi connectivity index (χ2v) is 4.51. The zero-order valence-corrected chi connectivity index (χ0v) is 10.6. The largest absolute Gasteiger partial charge is 0.478 e. The van der Waals surface area contributed by atoms with Gasteiger partial charge in [-0.3, -0.25) is 0 Å². The topological polar surface area (TPSA) is 37.3 Å². The molecule has 0 fully saturated rings. The number of hydrogen-bond acceptors (Lipinski definition) is 1. The molecule has 0 amide bonds. The maximum atomic E-state index is 13.8. The fraction of sp³-hybridized carbons (Fsp3) is 0.0714. The second kappa shape index (κ2) is 4.97. The Balaban J connectivity index is 2.74. The molecule has 0 aromatic heterocycles. The number of carboxylic acid groups (broad SMARTS) is 1. The van der Waals surface area contributed by atoms with Crippen LogP contribution in [-0.4, -0.2) is 11.1 Å². The first-order valence-electron chi connectivity index (χ1n) is 5.39. The first-order chi connectivity index (χ1) is 8.90. The molecule has 0 saturated carbocycles. The van der Waals surface area contributed by atoms with Crippen LogP contribution in [0.2, 0.25) is 5.02 Å². The van der Waals surface area contributed by atoms with Crippen LogP contribution in [0.5, 0.6) is 0 Å². The Morgan fingerprint density at radius 1 is 1.11 bits per heavy atom. The molecule has 1 N–H and O–H groups in total. The van der Waals surface area contributed by atoms with Gasteiger partial charge in [0.25, 0.3) is 0 Å². The minimum atomic E-state index is -1.20. The Morgan fingerprint density at radius 3 is 2.42 bits per heavy atom. The van der Waals surface area contributed by atoms with Crippen molar-refractivity contribution in [2.45, 2.75) is 6.92 Å². The maximum Gasteiger partial charge on any atom is 0.336 e. The molecular weight excluding hydrogens is 274 g/mol. The molecule has 19 heavy (non-hydrogen) atoms.